The summed E-state index contributed by atoms with van der Waals surface area (Å²) in [7, 11) is 0. The number of hydrogen-bond acceptors (Lipinski definition) is 3. The molecule has 0 saturated carbocycles. The number of fused-ring (bicyclic) bond motifs is 3. The zero-order chi connectivity index (χ0) is 33.3. The first-order valence-corrected chi connectivity index (χ1v) is 23.9. The Kier molecular flexibility index (Phi) is 10.5. The molecule has 0 spiro atoms. The molecular weight excluding hydrogens is 829 g/mol. The van der Waals surface area contributed by atoms with E-state index in [1.54, 1.807) is 0 Å². The number of thiophene rings is 1. The molecular formula is C42H40GeIrN2S-2. The minimum Gasteiger partial charge on any atom is 0 e. The molecule has 0 fully saturated rings. The first-order valence-electron chi connectivity index (χ1n) is 16.2. The summed E-state index contributed by atoms with van der Waals surface area (Å²) < 4.78 is 12.4. The van der Waals surface area contributed by atoms with Gasteiger partial charge in [0.05, 0.1) is 0 Å². The summed E-state index contributed by atoms with van der Waals surface area (Å²) in [6, 6.07) is 40.0. The smallest absolute Gasteiger partial charge is 0 e. The minimum absolute atomic E-state index is 0. The van der Waals surface area contributed by atoms with Crippen molar-refractivity contribution in [2.75, 3.05) is 0 Å². The van der Waals surface area contributed by atoms with Crippen LogP contribution in [0.4, 0.5) is 0 Å². The van der Waals surface area contributed by atoms with Crippen LogP contribution in [0, 0.1) is 26.0 Å². The number of hydrogen-bond donors (Lipinski definition) is 0. The fourth-order valence-electron chi connectivity index (χ4n) is 5.87. The van der Waals surface area contributed by atoms with E-state index in [-0.39, 0.29) is 20.1 Å². The first kappa shape index (κ1) is 33.5. The van der Waals surface area contributed by atoms with Gasteiger partial charge >= 0.3 is 99.8 Å². The molecule has 0 atom stereocenters. The van der Waals surface area contributed by atoms with Gasteiger partial charge in [0, 0.05) is 32.4 Å². The Hall–Kier alpha value is -3.41. The molecule has 4 aromatic carbocycles. The summed E-state index contributed by atoms with van der Waals surface area (Å²) in [4.78, 5) is 9.17. The van der Waals surface area contributed by atoms with Gasteiger partial charge in [0.25, 0.3) is 0 Å². The Morgan fingerprint density at radius 2 is 1.53 bits per heavy atom. The maximum absolute atomic E-state index is 8.40. The Morgan fingerprint density at radius 3 is 2.19 bits per heavy atom. The van der Waals surface area contributed by atoms with Crippen LogP contribution in [0.15, 0.2) is 109 Å². The maximum atomic E-state index is 8.40. The Balaban J connectivity index is 0.000000224. The van der Waals surface area contributed by atoms with Crippen LogP contribution in [0.3, 0.4) is 0 Å². The van der Waals surface area contributed by atoms with Crippen LogP contribution in [-0.2, 0) is 20.1 Å². The average molecular weight is 871 g/mol. The molecule has 7 aromatic rings. The predicted octanol–water partition coefficient (Wildman–Crippen LogP) is 11.4. The van der Waals surface area contributed by atoms with Crippen molar-refractivity contribution in [2.24, 2.45) is 0 Å². The van der Waals surface area contributed by atoms with E-state index in [1.807, 2.05) is 80.0 Å². The van der Waals surface area contributed by atoms with Crippen LogP contribution in [0.2, 0.25) is 17.3 Å². The quantitative estimate of drug-likeness (QED) is 0.127. The SMILES string of the molecule is [2H]C(C)(C)c1ccnc(-c2[c-]ccc3c2sc2c(C)c(-c4ccccc4)c(C)cc23)c1.[CH3][Ge]([CH3])([CH3])[c]1ccc(-c2[c-]cccc2)nc1.[Ir]. The van der Waals surface area contributed by atoms with E-state index in [0.717, 1.165) is 28.1 Å². The summed E-state index contributed by atoms with van der Waals surface area (Å²) in [5.41, 5.74) is 10.1. The molecule has 0 saturated heterocycles. The van der Waals surface area contributed by atoms with E-state index >= 15 is 0 Å². The van der Waals surface area contributed by atoms with Gasteiger partial charge in [0.2, 0.25) is 0 Å². The van der Waals surface area contributed by atoms with Gasteiger partial charge in [-0.2, -0.15) is 11.3 Å². The normalized spacial score (nSPS) is 11.9. The molecule has 0 amide bonds. The van der Waals surface area contributed by atoms with Crippen molar-refractivity contribution in [3.63, 3.8) is 0 Å². The molecule has 0 bridgehead atoms. The molecule has 0 aliphatic heterocycles. The number of nitrogens with zero attached hydrogens (tertiary/aromatic N) is 2. The van der Waals surface area contributed by atoms with Crippen LogP contribution in [0.5, 0.6) is 0 Å². The van der Waals surface area contributed by atoms with Crippen LogP contribution in [0.25, 0.3) is 53.8 Å². The van der Waals surface area contributed by atoms with E-state index in [0.29, 0.717) is 0 Å². The van der Waals surface area contributed by atoms with Crippen molar-refractivity contribution in [1.82, 2.24) is 9.97 Å². The summed E-state index contributed by atoms with van der Waals surface area (Å²) in [6.45, 7) is 8.26. The van der Waals surface area contributed by atoms with Crippen molar-refractivity contribution in [1.29, 1.82) is 0 Å². The third kappa shape index (κ3) is 7.52. The summed E-state index contributed by atoms with van der Waals surface area (Å²) in [6.07, 6.45) is 3.85. The second-order valence-corrected chi connectivity index (χ2v) is 24.7. The van der Waals surface area contributed by atoms with E-state index in [2.05, 4.69) is 108 Å². The second-order valence-electron chi connectivity index (χ2n) is 13.0. The third-order valence-corrected chi connectivity index (χ3v) is 14.0. The second kappa shape index (κ2) is 14.8. The Labute approximate surface area is 301 Å². The molecule has 5 heteroatoms. The minimum atomic E-state index is -1.72. The Morgan fingerprint density at radius 1 is 0.766 bits per heavy atom. The number of aromatic nitrogens is 2. The fourth-order valence-corrected chi connectivity index (χ4v) is 9.33. The Bertz CT molecular complexity index is 2170. The molecule has 3 heterocycles. The molecule has 47 heavy (non-hydrogen) atoms. The van der Waals surface area contributed by atoms with E-state index in [4.69, 9.17) is 1.37 Å². The van der Waals surface area contributed by atoms with Gasteiger partial charge in [-0.1, -0.05) is 67.3 Å². The van der Waals surface area contributed by atoms with E-state index < -0.39 is 19.2 Å². The van der Waals surface area contributed by atoms with Gasteiger partial charge in [0.15, 0.2) is 0 Å². The number of benzene rings is 4. The van der Waals surface area contributed by atoms with Crippen molar-refractivity contribution in [3.8, 4) is 33.6 Å². The van der Waals surface area contributed by atoms with E-state index in [1.165, 1.54) is 46.8 Å². The topological polar surface area (TPSA) is 25.8 Å². The molecule has 3 aromatic heterocycles. The molecule has 239 valence electrons. The summed E-state index contributed by atoms with van der Waals surface area (Å²) >= 11 is 0.107. The molecule has 0 aliphatic carbocycles. The van der Waals surface area contributed by atoms with Gasteiger partial charge < -0.3 is 4.98 Å². The van der Waals surface area contributed by atoms with Crippen LogP contribution in [0.1, 0.15) is 37.8 Å². The molecule has 0 unspecified atom stereocenters. The fraction of sp³-hybridized carbons (Fsp3) is 0.190. The number of pyridine rings is 2. The van der Waals surface area contributed by atoms with Crippen LogP contribution >= 0.6 is 11.3 Å². The van der Waals surface area contributed by atoms with Gasteiger partial charge in [0.1, 0.15) is 0 Å². The maximum Gasteiger partial charge on any atom is 0 e. The molecule has 0 aliphatic rings. The first-order chi connectivity index (χ1) is 22.4. The standard InChI is InChI=1S/C28H24NS.C14H16GeN.Ir/c1-17(2)21-13-14-29-25(16-21)23-12-8-11-22-24-15-18(3)26(20-9-6-5-7-10-20)19(4)27(24)30-28(22)23;1-15(2,3)13-9-10-14(16-11-13)12-7-5-4-6-8-12;/h5-11,13-17H,1-4H3;4-7,9-11H,1-3H3;/q2*-1;/i17D;;. The summed E-state index contributed by atoms with van der Waals surface area (Å²) in [5, 5.41) is 2.54. The van der Waals surface area contributed by atoms with Crippen LogP contribution in [-0.4, -0.2) is 23.2 Å². The van der Waals surface area contributed by atoms with Crippen molar-refractivity contribution in [3.05, 3.63) is 138 Å². The van der Waals surface area contributed by atoms with Gasteiger partial charge in [-0.3, -0.25) is 0 Å². The van der Waals surface area contributed by atoms with Gasteiger partial charge in [-0.15, -0.1) is 23.8 Å². The van der Waals surface area contributed by atoms with Gasteiger partial charge in [-0.25, -0.2) is 0 Å². The summed E-state index contributed by atoms with van der Waals surface area (Å²) in [5.74, 6) is 6.48. The number of rotatable bonds is 5. The van der Waals surface area contributed by atoms with Crippen molar-refractivity contribution < 1.29 is 21.5 Å². The molecule has 7 rings (SSSR count). The molecule has 1 radical (unpaired) electrons. The average Bonchev–Trinajstić information content (AvgIpc) is 3.44. The third-order valence-electron chi connectivity index (χ3n) is 8.43. The largest absolute Gasteiger partial charge is 0 e. The monoisotopic (exact) mass is 872 g/mol. The predicted molar refractivity (Wildman–Crippen MR) is 202 cm³/mol. The van der Waals surface area contributed by atoms with Crippen LogP contribution < -0.4 is 4.40 Å². The van der Waals surface area contributed by atoms with Crippen molar-refractivity contribution in [2.45, 2.75) is 50.9 Å². The zero-order valence-corrected chi connectivity index (χ0v) is 33.3. The van der Waals surface area contributed by atoms with E-state index in [9.17, 15) is 0 Å². The molecule has 2 nitrogen and oxygen atoms in total. The van der Waals surface area contributed by atoms with Gasteiger partial charge in [-0.05, 0) is 63.8 Å². The molecule has 0 N–H and O–H groups in total. The van der Waals surface area contributed by atoms with Crippen molar-refractivity contribution >= 4 is 49.2 Å². The zero-order valence-electron chi connectivity index (χ0n) is 29.0. The number of aryl methyl sites for hydroxylation is 2.